The molecule has 0 saturated carbocycles. The van der Waals surface area contributed by atoms with Crippen LogP contribution in [-0.4, -0.2) is 34.0 Å². The van der Waals surface area contributed by atoms with Gasteiger partial charge in [0.2, 0.25) is 5.95 Å². The maximum Gasteiger partial charge on any atom is 0.209 e. The number of carbonyl (C=O) groups is 1. The summed E-state index contributed by atoms with van der Waals surface area (Å²) in [5.41, 5.74) is 2.89. The molecule has 0 fully saturated rings. The molecule has 2 aromatic heterocycles. The summed E-state index contributed by atoms with van der Waals surface area (Å²) in [6.07, 6.45) is 1.14. The Labute approximate surface area is 165 Å². The molecule has 144 valence electrons. The number of carbonyl (C=O) groups excluding carboxylic acids is 1. The minimum atomic E-state index is -0.310. The molecule has 0 amide bonds. The van der Waals surface area contributed by atoms with Gasteiger partial charge in [-0.05, 0) is 36.8 Å². The van der Waals surface area contributed by atoms with Crippen molar-refractivity contribution < 1.29 is 13.9 Å². The first-order valence-electron chi connectivity index (χ1n) is 8.87. The predicted octanol–water partition coefficient (Wildman–Crippen LogP) is 4.68. The van der Waals surface area contributed by atoms with Crippen molar-refractivity contribution in [2.45, 2.75) is 12.8 Å². The van der Waals surface area contributed by atoms with Crippen LogP contribution in [0.25, 0.3) is 21.3 Å². The van der Waals surface area contributed by atoms with E-state index >= 15 is 0 Å². The molecule has 0 bridgehead atoms. The number of anilines is 2. The number of nitrogens with zero attached hydrogens (tertiary/aromatic N) is 3. The average Bonchev–Trinajstić information content (AvgIpc) is 3.21. The maximum absolute atomic E-state index is 13.4. The van der Waals surface area contributed by atoms with Gasteiger partial charge in [0.15, 0.2) is 10.9 Å². The molecular weight excluding hydrogens is 379 g/mol. The van der Waals surface area contributed by atoms with Crippen LogP contribution in [0.4, 0.5) is 15.5 Å². The number of aromatic nitrogens is 3. The van der Waals surface area contributed by atoms with Gasteiger partial charge in [0.1, 0.15) is 5.82 Å². The molecule has 0 aliphatic heterocycles. The molecule has 6 nitrogen and oxygen atoms in total. The lowest BCUT2D eigenvalue weighted by molar-refractivity contribution is 0.0963. The van der Waals surface area contributed by atoms with Gasteiger partial charge in [0.25, 0.3) is 0 Å². The lowest BCUT2D eigenvalue weighted by Crippen LogP contribution is -2.01. The van der Waals surface area contributed by atoms with E-state index in [1.807, 2.05) is 29.8 Å². The van der Waals surface area contributed by atoms with Crippen LogP contribution < -0.4 is 5.32 Å². The first kappa shape index (κ1) is 18.5. The first-order chi connectivity index (χ1) is 13.5. The molecule has 0 spiro atoms. The molecule has 28 heavy (non-hydrogen) atoms. The van der Waals surface area contributed by atoms with E-state index in [4.69, 9.17) is 4.74 Å². The highest BCUT2D eigenvalue weighted by Crippen LogP contribution is 2.29. The number of nitrogens with one attached hydrogen (secondary N) is 1. The minimum absolute atomic E-state index is 0.0762. The van der Waals surface area contributed by atoms with Gasteiger partial charge in [-0.15, -0.1) is 0 Å². The fraction of sp³-hybridized carbons (Fsp3) is 0.250. The Morgan fingerprint density at radius 3 is 2.89 bits per heavy atom. The molecule has 0 saturated heterocycles. The largest absolute Gasteiger partial charge is 0.385 e. The highest BCUT2D eigenvalue weighted by atomic mass is 32.1. The lowest BCUT2D eigenvalue weighted by Gasteiger charge is -2.03. The van der Waals surface area contributed by atoms with Gasteiger partial charge in [0.05, 0.1) is 21.3 Å². The fourth-order valence-electron chi connectivity index (χ4n) is 3.06. The van der Waals surface area contributed by atoms with Crippen LogP contribution in [-0.2, 0) is 11.8 Å². The van der Waals surface area contributed by atoms with Gasteiger partial charge in [-0.3, -0.25) is 4.79 Å². The normalized spacial score (nSPS) is 11.4. The molecule has 0 unspecified atom stereocenters. The third-order valence-corrected chi connectivity index (χ3v) is 5.48. The van der Waals surface area contributed by atoms with E-state index in [9.17, 15) is 9.18 Å². The number of halogens is 1. The van der Waals surface area contributed by atoms with Crippen LogP contribution in [0.15, 0.2) is 36.4 Å². The van der Waals surface area contributed by atoms with Gasteiger partial charge in [-0.1, -0.05) is 11.3 Å². The fourth-order valence-corrected chi connectivity index (χ4v) is 3.90. The van der Waals surface area contributed by atoms with Crippen molar-refractivity contribution >= 4 is 49.4 Å². The molecule has 1 N–H and O–H groups in total. The summed E-state index contributed by atoms with van der Waals surface area (Å²) in [4.78, 5) is 21.3. The number of ether oxygens (including phenoxy) is 1. The zero-order chi connectivity index (χ0) is 19.7. The molecule has 8 heteroatoms. The average molecular weight is 398 g/mol. The Kier molecular flexibility index (Phi) is 5.06. The van der Waals surface area contributed by atoms with Gasteiger partial charge in [-0.25, -0.2) is 14.4 Å². The summed E-state index contributed by atoms with van der Waals surface area (Å²) in [7, 11) is 3.52. The molecule has 0 atom stereocenters. The molecular formula is C20H19FN4O2S. The van der Waals surface area contributed by atoms with Crippen LogP contribution in [0.1, 0.15) is 23.2 Å². The van der Waals surface area contributed by atoms with E-state index < -0.39 is 0 Å². The quantitative estimate of drug-likeness (QED) is 0.362. The van der Waals surface area contributed by atoms with E-state index in [0.29, 0.717) is 41.6 Å². The van der Waals surface area contributed by atoms with Crippen molar-refractivity contribution in [2.24, 2.45) is 7.05 Å². The molecule has 0 aliphatic carbocycles. The standard InChI is InChI=1S/C20H19FN4O2S/c1-25-16-7-5-12(17(26)4-3-9-27-2)10-14(16)22-19(25)24-20-23-15-11-13(21)6-8-18(15)28-20/h5-8,10-11H,3-4,9H2,1-2H3,(H,22,23,24). The van der Waals surface area contributed by atoms with Crippen LogP contribution in [0, 0.1) is 5.82 Å². The molecule has 2 aromatic carbocycles. The number of thiazole rings is 1. The summed E-state index contributed by atoms with van der Waals surface area (Å²) in [5, 5.41) is 3.83. The van der Waals surface area contributed by atoms with E-state index in [0.717, 1.165) is 15.7 Å². The predicted molar refractivity (Wildman–Crippen MR) is 109 cm³/mol. The molecule has 0 aliphatic rings. The Hall–Kier alpha value is -2.84. The second-order valence-corrected chi connectivity index (χ2v) is 7.50. The molecule has 4 aromatic rings. The molecule has 0 radical (unpaired) electrons. The number of aryl methyl sites for hydroxylation is 1. The Balaban J connectivity index is 1.60. The van der Waals surface area contributed by atoms with Crippen LogP contribution in [0.5, 0.6) is 0 Å². The van der Waals surface area contributed by atoms with Gasteiger partial charge in [0, 0.05) is 38.8 Å². The van der Waals surface area contributed by atoms with E-state index in [1.165, 1.54) is 23.5 Å². The number of imidazole rings is 1. The maximum atomic E-state index is 13.4. The number of benzene rings is 2. The zero-order valence-corrected chi connectivity index (χ0v) is 16.3. The third kappa shape index (κ3) is 3.61. The number of Topliss-reactive ketones (excluding diaryl/α,β-unsaturated/α-hetero) is 1. The number of ketones is 1. The summed E-state index contributed by atoms with van der Waals surface area (Å²) >= 11 is 1.43. The van der Waals surface area contributed by atoms with Crippen LogP contribution >= 0.6 is 11.3 Å². The topological polar surface area (TPSA) is 69.0 Å². The number of hydrogen-bond donors (Lipinski definition) is 1. The highest BCUT2D eigenvalue weighted by Gasteiger charge is 2.13. The second kappa shape index (κ2) is 7.65. The van der Waals surface area contributed by atoms with Crippen molar-refractivity contribution in [1.82, 2.24) is 14.5 Å². The summed E-state index contributed by atoms with van der Waals surface area (Å²) in [6.45, 7) is 0.567. The Bertz CT molecular complexity index is 1170. The summed E-state index contributed by atoms with van der Waals surface area (Å²) < 4.78 is 21.2. The van der Waals surface area contributed by atoms with Crippen molar-refractivity contribution in [3.8, 4) is 0 Å². The van der Waals surface area contributed by atoms with Gasteiger partial charge < -0.3 is 14.6 Å². The molecule has 4 rings (SSSR count). The SMILES string of the molecule is COCCCC(=O)c1ccc2c(c1)nc(Nc1nc3cc(F)ccc3s1)n2C. The van der Waals surface area contributed by atoms with E-state index in [-0.39, 0.29) is 11.6 Å². The first-order valence-corrected chi connectivity index (χ1v) is 9.68. The van der Waals surface area contributed by atoms with Gasteiger partial charge in [-0.2, -0.15) is 0 Å². The Morgan fingerprint density at radius 2 is 2.07 bits per heavy atom. The van der Waals surface area contributed by atoms with Crippen LogP contribution in [0.3, 0.4) is 0 Å². The zero-order valence-electron chi connectivity index (χ0n) is 15.5. The summed E-state index contributed by atoms with van der Waals surface area (Å²) in [5.74, 6) is 0.376. The minimum Gasteiger partial charge on any atom is -0.385 e. The number of methoxy groups -OCH3 is 1. The van der Waals surface area contributed by atoms with Crippen molar-refractivity contribution in [2.75, 3.05) is 19.0 Å². The third-order valence-electron chi connectivity index (χ3n) is 4.52. The lowest BCUT2D eigenvalue weighted by atomic mass is 10.1. The van der Waals surface area contributed by atoms with Crippen molar-refractivity contribution in [3.05, 3.63) is 47.8 Å². The molecule has 2 heterocycles. The van der Waals surface area contributed by atoms with Crippen LogP contribution in [0.2, 0.25) is 0 Å². The summed E-state index contributed by atoms with van der Waals surface area (Å²) in [6, 6.07) is 10.1. The monoisotopic (exact) mass is 398 g/mol. The van der Waals surface area contributed by atoms with E-state index in [1.54, 1.807) is 13.2 Å². The van der Waals surface area contributed by atoms with Gasteiger partial charge >= 0.3 is 0 Å². The Morgan fingerprint density at radius 1 is 1.21 bits per heavy atom. The number of fused-ring (bicyclic) bond motifs is 2. The number of rotatable bonds is 7. The van der Waals surface area contributed by atoms with Crippen molar-refractivity contribution in [3.63, 3.8) is 0 Å². The second-order valence-electron chi connectivity index (χ2n) is 6.47. The highest BCUT2D eigenvalue weighted by molar-refractivity contribution is 7.22. The number of hydrogen-bond acceptors (Lipinski definition) is 6. The van der Waals surface area contributed by atoms with E-state index in [2.05, 4.69) is 15.3 Å². The van der Waals surface area contributed by atoms with Crippen molar-refractivity contribution in [1.29, 1.82) is 0 Å². The smallest absolute Gasteiger partial charge is 0.209 e.